The molecule has 0 spiro atoms. The second kappa shape index (κ2) is 3.01. The third-order valence-electron chi connectivity index (χ3n) is 3.46. The summed E-state index contributed by atoms with van der Waals surface area (Å²) >= 11 is 0. The average molecular weight is 224 g/mol. The molecule has 1 fully saturated rings. The molecule has 1 aromatic rings. The molecule has 0 saturated heterocycles. The highest BCUT2D eigenvalue weighted by molar-refractivity contribution is 5.43. The van der Waals surface area contributed by atoms with Crippen molar-refractivity contribution in [1.82, 2.24) is 0 Å². The van der Waals surface area contributed by atoms with Crippen molar-refractivity contribution in [3.8, 4) is 0 Å². The molecule has 0 amide bonds. The predicted molar refractivity (Wildman–Crippen MR) is 57.3 cm³/mol. The van der Waals surface area contributed by atoms with Gasteiger partial charge in [0.1, 0.15) is 0 Å². The van der Waals surface area contributed by atoms with Crippen LogP contribution in [0.1, 0.15) is 25.8 Å². The van der Waals surface area contributed by atoms with Crippen LogP contribution in [0.5, 0.6) is 0 Å². The number of halogens is 1. The molecule has 4 nitrogen and oxygen atoms in total. The minimum absolute atomic E-state index is 0.0846. The maximum Gasteiger partial charge on any atom is 0.305 e. The zero-order valence-electron chi connectivity index (χ0n) is 9.16. The van der Waals surface area contributed by atoms with Crippen LogP contribution >= 0.6 is 0 Å². The van der Waals surface area contributed by atoms with Gasteiger partial charge >= 0.3 is 5.69 Å². The Labute approximate surface area is 92.4 Å². The van der Waals surface area contributed by atoms with Gasteiger partial charge in [-0.25, -0.2) is 0 Å². The number of hydrogen-bond donors (Lipinski definition) is 1. The smallest absolute Gasteiger partial charge is 0.305 e. The molecular formula is C11H13FN2O2. The van der Waals surface area contributed by atoms with E-state index in [1.54, 1.807) is 0 Å². The van der Waals surface area contributed by atoms with Crippen molar-refractivity contribution in [1.29, 1.82) is 0 Å². The van der Waals surface area contributed by atoms with Crippen LogP contribution < -0.4 is 5.73 Å². The molecule has 0 aliphatic heterocycles. The summed E-state index contributed by atoms with van der Waals surface area (Å²) in [5.74, 6) is -0.823. The molecule has 2 N–H and O–H groups in total. The SMILES string of the molecule is CC1(C)CC1(N)c1ccc(F)c([N+](=O)[O-])c1. The molecule has 0 radical (unpaired) electrons. The molecule has 1 aromatic carbocycles. The van der Waals surface area contributed by atoms with Crippen LogP contribution in [0.15, 0.2) is 18.2 Å². The summed E-state index contributed by atoms with van der Waals surface area (Å²) in [6.45, 7) is 3.98. The number of hydrogen-bond acceptors (Lipinski definition) is 3. The van der Waals surface area contributed by atoms with Crippen molar-refractivity contribution in [3.63, 3.8) is 0 Å². The van der Waals surface area contributed by atoms with E-state index in [0.29, 0.717) is 5.56 Å². The van der Waals surface area contributed by atoms with Crippen molar-refractivity contribution in [2.24, 2.45) is 11.1 Å². The van der Waals surface area contributed by atoms with Gasteiger partial charge in [0, 0.05) is 11.6 Å². The Morgan fingerprint density at radius 2 is 2.06 bits per heavy atom. The standard InChI is InChI=1S/C11H13FN2O2/c1-10(2)6-11(10,13)7-3-4-8(12)9(5-7)14(15)16/h3-5H,6,13H2,1-2H3. The van der Waals surface area contributed by atoms with Crippen molar-refractivity contribution >= 4 is 5.69 Å². The molecule has 1 unspecified atom stereocenters. The zero-order chi connectivity index (χ0) is 12.1. The molecule has 0 bridgehead atoms. The number of nitro benzene ring substituents is 1. The second-order valence-corrected chi connectivity index (χ2v) is 4.96. The van der Waals surface area contributed by atoms with Gasteiger partial charge in [-0.1, -0.05) is 19.9 Å². The van der Waals surface area contributed by atoms with Crippen LogP contribution in [0, 0.1) is 21.3 Å². The van der Waals surface area contributed by atoms with Crippen molar-refractivity contribution < 1.29 is 9.31 Å². The van der Waals surface area contributed by atoms with Gasteiger partial charge in [0.2, 0.25) is 5.82 Å². The van der Waals surface area contributed by atoms with E-state index in [9.17, 15) is 14.5 Å². The van der Waals surface area contributed by atoms with Gasteiger partial charge in [0.05, 0.1) is 4.92 Å². The highest BCUT2D eigenvalue weighted by atomic mass is 19.1. The lowest BCUT2D eigenvalue weighted by molar-refractivity contribution is -0.387. The Hall–Kier alpha value is -1.49. The quantitative estimate of drug-likeness (QED) is 0.619. The first kappa shape index (κ1) is 11.0. The molecule has 0 aromatic heterocycles. The van der Waals surface area contributed by atoms with Gasteiger partial charge in [-0.3, -0.25) is 10.1 Å². The first-order chi connectivity index (χ1) is 7.28. The van der Waals surface area contributed by atoms with Crippen molar-refractivity contribution in [2.75, 3.05) is 0 Å². The summed E-state index contributed by atoms with van der Waals surface area (Å²) in [5, 5.41) is 10.6. The van der Waals surface area contributed by atoms with Crippen LogP contribution in [0.2, 0.25) is 0 Å². The van der Waals surface area contributed by atoms with Gasteiger partial charge in [-0.15, -0.1) is 0 Å². The number of rotatable bonds is 2. The maximum atomic E-state index is 13.1. The highest BCUT2D eigenvalue weighted by Gasteiger charge is 2.59. The Bertz CT molecular complexity index is 473. The summed E-state index contributed by atoms with van der Waals surface area (Å²) < 4.78 is 13.1. The predicted octanol–water partition coefficient (Wildman–Crippen LogP) is 2.32. The lowest BCUT2D eigenvalue weighted by atomic mass is 9.96. The summed E-state index contributed by atoms with van der Waals surface area (Å²) in [4.78, 5) is 9.88. The van der Waals surface area contributed by atoms with Crippen molar-refractivity contribution in [3.05, 3.63) is 39.7 Å². The van der Waals surface area contributed by atoms with Gasteiger partial charge in [-0.2, -0.15) is 4.39 Å². The highest BCUT2D eigenvalue weighted by Crippen LogP contribution is 2.60. The molecule has 1 aliphatic rings. The molecule has 1 atom stereocenters. The molecular weight excluding hydrogens is 211 g/mol. The van der Waals surface area contributed by atoms with E-state index in [1.807, 2.05) is 13.8 Å². The summed E-state index contributed by atoms with van der Waals surface area (Å²) in [7, 11) is 0. The largest absolute Gasteiger partial charge is 0.321 e. The summed E-state index contributed by atoms with van der Waals surface area (Å²) in [6.07, 6.45) is 0.753. The third-order valence-corrected chi connectivity index (χ3v) is 3.46. The maximum absolute atomic E-state index is 13.1. The average Bonchev–Trinajstić information content (AvgIpc) is 2.67. The molecule has 86 valence electrons. The minimum atomic E-state index is -0.823. The fraction of sp³-hybridized carbons (Fsp3) is 0.455. The zero-order valence-corrected chi connectivity index (χ0v) is 9.16. The molecule has 0 heterocycles. The number of benzene rings is 1. The van der Waals surface area contributed by atoms with Crippen LogP contribution in [0.25, 0.3) is 0 Å². The van der Waals surface area contributed by atoms with Crippen LogP contribution in [0.3, 0.4) is 0 Å². The van der Waals surface area contributed by atoms with Crippen molar-refractivity contribution in [2.45, 2.75) is 25.8 Å². The lowest BCUT2D eigenvalue weighted by Gasteiger charge is -2.15. The fourth-order valence-corrected chi connectivity index (χ4v) is 2.08. The summed E-state index contributed by atoms with van der Waals surface area (Å²) in [6, 6.07) is 3.87. The van der Waals surface area contributed by atoms with Crippen LogP contribution in [-0.4, -0.2) is 4.92 Å². The van der Waals surface area contributed by atoms with Gasteiger partial charge in [0.25, 0.3) is 0 Å². The number of nitrogens with zero attached hydrogens (tertiary/aromatic N) is 1. The Morgan fingerprint density at radius 1 is 1.50 bits per heavy atom. The van der Waals surface area contributed by atoms with E-state index in [4.69, 9.17) is 5.73 Å². The lowest BCUT2D eigenvalue weighted by Crippen LogP contribution is -2.25. The van der Waals surface area contributed by atoms with E-state index in [0.717, 1.165) is 12.5 Å². The van der Waals surface area contributed by atoms with Crippen LogP contribution in [0.4, 0.5) is 10.1 Å². The van der Waals surface area contributed by atoms with Gasteiger partial charge < -0.3 is 5.73 Å². The minimum Gasteiger partial charge on any atom is -0.321 e. The fourth-order valence-electron chi connectivity index (χ4n) is 2.08. The second-order valence-electron chi connectivity index (χ2n) is 4.96. The van der Waals surface area contributed by atoms with Gasteiger partial charge in [-0.05, 0) is 23.5 Å². The third kappa shape index (κ3) is 1.39. The molecule has 16 heavy (non-hydrogen) atoms. The Morgan fingerprint density at radius 3 is 2.50 bits per heavy atom. The first-order valence-electron chi connectivity index (χ1n) is 5.01. The number of nitro groups is 1. The Kier molecular flexibility index (Phi) is 2.07. The molecule has 2 rings (SSSR count). The van der Waals surface area contributed by atoms with E-state index in [2.05, 4.69) is 0 Å². The Balaban J connectivity index is 2.46. The molecule has 1 aliphatic carbocycles. The molecule has 1 saturated carbocycles. The number of nitrogens with two attached hydrogens (primary N) is 1. The van der Waals surface area contributed by atoms with E-state index in [-0.39, 0.29) is 5.41 Å². The molecule has 5 heteroatoms. The monoisotopic (exact) mass is 224 g/mol. The van der Waals surface area contributed by atoms with Crippen LogP contribution in [-0.2, 0) is 5.54 Å². The first-order valence-corrected chi connectivity index (χ1v) is 5.01. The van der Waals surface area contributed by atoms with E-state index < -0.39 is 22.0 Å². The van der Waals surface area contributed by atoms with Gasteiger partial charge in [0.15, 0.2) is 0 Å². The normalized spacial score (nSPS) is 26.5. The summed E-state index contributed by atoms with van der Waals surface area (Å²) in [5.41, 5.74) is 5.59. The topological polar surface area (TPSA) is 69.2 Å². The van der Waals surface area contributed by atoms with E-state index >= 15 is 0 Å². The van der Waals surface area contributed by atoms with E-state index in [1.165, 1.54) is 12.1 Å².